The first-order chi connectivity index (χ1) is 12.7. The normalized spacial score (nSPS) is 11.6. The van der Waals surface area contributed by atoms with Crippen molar-refractivity contribution in [3.05, 3.63) is 63.8 Å². The lowest BCUT2D eigenvalue weighted by Crippen LogP contribution is -2.11. The number of halogens is 5. The van der Waals surface area contributed by atoms with Crippen LogP contribution < -0.4 is 5.43 Å². The molecule has 3 rings (SSSR count). The Morgan fingerprint density at radius 1 is 1.11 bits per heavy atom. The van der Waals surface area contributed by atoms with Crippen molar-refractivity contribution in [1.82, 2.24) is 4.98 Å². The largest absolute Gasteiger partial charge is 0.398 e. The van der Waals surface area contributed by atoms with Crippen molar-refractivity contribution in [2.45, 2.75) is 11.1 Å². The molecule has 0 bridgehead atoms. The molecule has 0 saturated heterocycles. The first-order valence-electron chi connectivity index (χ1n) is 7.44. The molecule has 3 aromatic rings. The van der Waals surface area contributed by atoms with Crippen LogP contribution in [0.1, 0.15) is 5.56 Å². The molecule has 0 amide bonds. The molecule has 0 aliphatic rings. The summed E-state index contributed by atoms with van der Waals surface area (Å²) in [5.74, 6) is -3.13. The van der Waals surface area contributed by atoms with Crippen molar-refractivity contribution in [1.29, 1.82) is 5.26 Å². The molecule has 0 aliphatic heterocycles. The van der Waals surface area contributed by atoms with Gasteiger partial charge in [-0.1, -0.05) is 0 Å². The number of hydrogen-bond acceptors (Lipinski definition) is 3. The van der Waals surface area contributed by atoms with Crippen LogP contribution in [0.3, 0.4) is 0 Å². The van der Waals surface area contributed by atoms with E-state index in [2.05, 4.69) is 4.98 Å². The third-order valence-electron chi connectivity index (χ3n) is 3.64. The topological polar surface area (TPSA) is 56.6 Å². The molecule has 0 unspecified atom stereocenters. The van der Waals surface area contributed by atoms with E-state index in [1.54, 1.807) is 0 Å². The first kappa shape index (κ1) is 18.9. The molecule has 3 nitrogen and oxygen atoms in total. The van der Waals surface area contributed by atoms with Crippen LogP contribution in [0, 0.1) is 23.0 Å². The quantitative estimate of drug-likeness (QED) is 0.501. The Balaban J connectivity index is 2.20. The summed E-state index contributed by atoms with van der Waals surface area (Å²) < 4.78 is 65.0. The number of nitriles is 1. The molecule has 2 aromatic carbocycles. The Morgan fingerprint density at radius 3 is 2.52 bits per heavy atom. The minimum absolute atomic E-state index is 0.0549. The minimum Gasteiger partial charge on any atom is -0.354 e. The third-order valence-corrected chi connectivity index (χ3v) is 4.78. The zero-order valence-electron chi connectivity index (χ0n) is 13.3. The van der Waals surface area contributed by atoms with E-state index >= 15 is 0 Å². The predicted octanol–water partition coefficient (Wildman–Crippen LogP) is 5.00. The zero-order chi connectivity index (χ0) is 19.8. The average Bonchev–Trinajstić information content (AvgIpc) is 2.58. The van der Waals surface area contributed by atoms with Crippen molar-refractivity contribution in [3.8, 4) is 17.3 Å². The molecule has 27 heavy (non-hydrogen) atoms. The Morgan fingerprint density at radius 2 is 1.85 bits per heavy atom. The van der Waals surface area contributed by atoms with Gasteiger partial charge in [0.15, 0.2) is 5.43 Å². The fourth-order valence-electron chi connectivity index (χ4n) is 2.55. The molecule has 1 heterocycles. The zero-order valence-corrected chi connectivity index (χ0v) is 14.1. The number of aromatic nitrogens is 1. The van der Waals surface area contributed by atoms with Crippen LogP contribution in [0.25, 0.3) is 22.2 Å². The molecule has 138 valence electrons. The van der Waals surface area contributed by atoms with Gasteiger partial charge in [-0.15, -0.1) is 11.8 Å². The average molecular weight is 396 g/mol. The van der Waals surface area contributed by atoms with E-state index in [1.165, 1.54) is 18.2 Å². The molecule has 0 saturated carbocycles. The highest BCUT2D eigenvalue weighted by Gasteiger charge is 2.28. The van der Waals surface area contributed by atoms with Gasteiger partial charge in [0.1, 0.15) is 11.6 Å². The second-order valence-corrected chi connectivity index (χ2v) is 6.60. The van der Waals surface area contributed by atoms with Crippen molar-refractivity contribution in [2.75, 3.05) is 5.75 Å². The number of hydrogen-bond donors (Lipinski definition) is 1. The summed E-state index contributed by atoms with van der Waals surface area (Å²) >= 11 is 0.481. The smallest absolute Gasteiger partial charge is 0.354 e. The summed E-state index contributed by atoms with van der Waals surface area (Å²) in [6.07, 6.45) is -4.42. The number of fused-ring (bicyclic) bond motifs is 1. The number of pyridine rings is 1. The molecule has 1 aromatic heterocycles. The van der Waals surface area contributed by atoms with Gasteiger partial charge < -0.3 is 4.98 Å². The summed E-state index contributed by atoms with van der Waals surface area (Å²) in [4.78, 5) is 15.1. The number of nitrogens with zero attached hydrogens (tertiary/aromatic N) is 1. The van der Waals surface area contributed by atoms with E-state index in [1.807, 2.05) is 6.07 Å². The van der Waals surface area contributed by atoms with Gasteiger partial charge in [0.25, 0.3) is 0 Å². The fourth-order valence-corrected chi connectivity index (χ4v) is 3.36. The highest BCUT2D eigenvalue weighted by Crippen LogP contribution is 2.35. The third kappa shape index (κ3) is 4.11. The van der Waals surface area contributed by atoms with Crippen LogP contribution in [0.4, 0.5) is 22.0 Å². The highest BCUT2D eigenvalue weighted by atomic mass is 32.2. The summed E-state index contributed by atoms with van der Waals surface area (Å²) in [5, 5.41) is 8.69. The Bertz CT molecular complexity index is 1130. The number of alkyl halides is 3. The molecule has 0 aliphatic carbocycles. The van der Waals surface area contributed by atoms with E-state index < -0.39 is 29.0 Å². The van der Waals surface area contributed by atoms with E-state index in [0.717, 1.165) is 12.1 Å². The van der Waals surface area contributed by atoms with Crippen molar-refractivity contribution in [2.24, 2.45) is 0 Å². The molecular formula is C18H9F5N2OS. The number of thioether (sulfide) groups is 1. The molecule has 0 spiro atoms. The standard InChI is InChI=1S/C18H9F5N2OS/c19-10-4-12(20)17-14(5-10)25-13(6-15(17)26)11-3-9(7-24)1-2-16(11)27-8-18(21,22)23/h1-6H,8H2,(H,25,26). The number of nitrogens with one attached hydrogen (secondary N) is 1. The van der Waals surface area contributed by atoms with Crippen LogP contribution in [0.2, 0.25) is 0 Å². The number of H-pyrrole nitrogens is 1. The van der Waals surface area contributed by atoms with E-state index in [0.29, 0.717) is 17.8 Å². The molecule has 9 heteroatoms. The predicted molar refractivity (Wildman–Crippen MR) is 91.4 cm³/mol. The Labute approximate surface area is 153 Å². The van der Waals surface area contributed by atoms with Gasteiger partial charge in [-0.05, 0) is 24.3 Å². The van der Waals surface area contributed by atoms with Gasteiger partial charge >= 0.3 is 6.18 Å². The van der Waals surface area contributed by atoms with Crippen LogP contribution in [0.15, 0.2) is 46.1 Å². The minimum atomic E-state index is -4.42. The molecule has 0 atom stereocenters. The summed E-state index contributed by atoms with van der Waals surface area (Å²) in [7, 11) is 0. The number of benzene rings is 2. The Kier molecular flexibility index (Phi) is 4.93. The molecular weight excluding hydrogens is 387 g/mol. The van der Waals surface area contributed by atoms with Crippen LogP contribution in [0.5, 0.6) is 0 Å². The van der Waals surface area contributed by atoms with Gasteiger partial charge in [-0.3, -0.25) is 4.79 Å². The molecule has 0 fully saturated rings. The molecule has 0 radical (unpaired) electrons. The highest BCUT2D eigenvalue weighted by molar-refractivity contribution is 7.99. The molecule has 1 N–H and O–H groups in total. The van der Waals surface area contributed by atoms with Crippen LogP contribution in [-0.4, -0.2) is 16.9 Å². The fraction of sp³-hybridized carbons (Fsp3) is 0.111. The summed E-state index contributed by atoms with van der Waals surface area (Å²) in [6, 6.07) is 8.35. The number of rotatable bonds is 3. The Hall–Kier alpha value is -2.86. The van der Waals surface area contributed by atoms with Crippen LogP contribution >= 0.6 is 11.8 Å². The van der Waals surface area contributed by atoms with Crippen molar-refractivity contribution in [3.63, 3.8) is 0 Å². The van der Waals surface area contributed by atoms with Crippen LogP contribution in [-0.2, 0) is 0 Å². The lowest BCUT2D eigenvalue weighted by atomic mass is 10.1. The van der Waals surface area contributed by atoms with E-state index in [9.17, 15) is 26.7 Å². The van der Waals surface area contributed by atoms with E-state index in [4.69, 9.17) is 5.26 Å². The lowest BCUT2D eigenvalue weighted by Gasteiger charge is -2.12. The second-order valence-electron chi connectivity index (χ2n) is 5.58. The van der Waals surface area contributed by atoms with E-state index in [-0.39, 0.29) is 32.6 Å². The van der Waals surface area contributed by atoms with Gasteiger partial charge in [0.05, 0.1) is 34.0 Å². The second kappa shape index (κ2) is 7.04. The number of aromatic amines is 1. The van der Waals surface area contributed by atoms with Crippen molar-refractivity contribution < 1.29 is 22.0 Å². The van der Waals surface area contributed by atoms with Crippen molar-refractivity contribution >= 4 is 22.7 Å². The maximum Gasteiger partial charge on any atom is 0.398 e. The van der Waals surface area contributed by atoms with Gasteiger partial charge in [0, 0.05) is 22.6 Å². The SMILES string of the molecule is N#Cc1ccc(SCC(F)(F)F)c(-c2cc(=O)c3c(F)cc(F)cc3[nH]2)c1. The lowest BCUT2D eigenvalue weighted by molar-refractivity contribution is -0.105. The van der Waals surface area contributed by atoms with Gasteiger partial charge in [-0.2, -0.15) is 18.4 Å². The maximum absolute atomic E-state index is 13.9. The van der Waals surface area contributed by atoms with Gasteiger partial charge in [0.2, 0.25) is 0 Å². The summed E-state index contributed by atoms with van der Waals surface area (Å²) in [6.45, 7) is 0. The maximum atomic E-state index is 13.9. The monoisotopic (exact) mass is 396 g/mol. The first-order valence-corrected chi connectivity index (χ1v) is 8.42. The summed E-state index contributed by atoms with van der Waals surface area (Å²) in [5.41, 5.74) is -0.520. The van der Waals surface area contributed by atoms with Gasteiger partial charge in [-0.25, -0.2) is 8.78 Å².